The van der Waals surface area contributed by atoms with Gasteiger partial charge in [-0.25, -0.2) is 4.79 Å². The van der Waals surface area contributed by atoms with Crippen molar-refractivity contribution in [2.75, 3.05) is 26.2 Å². The molecule has 1 heterocycles. The predicted octanol–water partition coefficient (Wildman–Crippen LogP) is 0.274. The highest BCUT2D eigenvalue weighted by Crippen LogP contribution is 2.10. The van der Waals surface area contributed by atoms with Crippen molar-refractivity contribution in [2.45, 2.75) is 0 Å². The number of amides is 4. The van der Waals surface area contributed by atoms with Gasteiger partial charge in [0, 0.05) is 23.1 Å². The third-order valence-electron chi connectivity index (χ3n) is 3.01. The van der Waals surface area contributed by atoms with Crippen LogP contribution < -0.4 is 10.6 Å². The number of benzene rings is 1. The smallest absolute Gasteiger partial charge is 0.325 e. The summed E-state index contributed by atoms with van der Waals surface area (Å²) in [5.41, 5.74) is 0.394. The van der Waals surface area contributed by atoms with Crippen molar-refractivity contribution in [1.29, 1.82) is 0 Å². The molecule has 1 fully saturated rings. The molecule has 0 aliphatic carbocycles. The molecule has 4 amide bonds. The van der Waals surface area contributed by atoms with Crippen LogP contribution in [-0.4, -0.2) is 55.0 Å². The lowest BCUT2D eigenvalue weighted by Crippen LogP contribution is -2.38. The van der Waals surface area contributed by atoms with Gasteiger partial charge < -0.3 is 15.4 Å². The maximum Gasteiger partial charge on any atom is 0.325 e. The summed E-state index contributed by atoms with van der Waals surface area (Å²) < 4.78 is 5.57. The van der Waals surface area contributed by atoms with Gasteiger partial charge in [-0.05, 0) is 24.3 Å². The molecule has 0 bridgehead atoms. The average Bonchev–Trinajstić information content (AvgIpc) is 2.97. The maximum absolute atomic E-state index is 11.8. The van der Waals surface area contributed by atoms with E-state index in [4.69, 9.17) is 4.74 Å². The zero-order chi connectivity index (χ0) is 16.8. The normalized spacial score (nSPS) is 13.4. The van der Waals surface area contributed by atoms with Gasteiger partial charge in [0.25, 0.3) is 11.8 Å². The second kappa shape index (κ2) is 7.73. The summed E-state index contributed by atoms with van der Waals surface area (Å²) in [6.45, 7) is -0.286. The van der Waals surface area contributed by atoms with Gasteiger partial charge >= 0.3 is 12.0 Å². The van der Waals surface area contributed by atoms with Crippen LogP contribution in [0.25, 0.3) is 0 Å². The quantitative estimate of drug-likeness (QED) is 0.710. The molecule has 1 saturated heterocycles. The van der Waals surface area contributed by atoms with Crippen LogP contribution in [0, 0.1) is 0 Å². The number of nitrogens with zero attached hydrogens (tertiary/aromatic N) is 1. The van der Waals surface area contributed by atoms with Crippen LogP contribution >= 0.6 is 15.9 Å². The minimum Gasteiger partial charge on any atom is -0.454 e. The zero-order valence-corrected chi connectivity index (χ0v) is 13.6. The molecule has 122 valence electrons. The number of esters is 1. The first kappa shape index (κ1) is 16.9. The average molecular weight is 384 g/mol. The number of urea groups is 1. The van der Waals surface area contributed by atoms with Crippen LogP contribution in [0.4, 0.5) is 4.79 Å². The highest BCUT2D eigenvalue weighted by atomic mass is 79.9. The minimum absolute atomic E-state index is 0.246. The van der Waals surface area contributed by atoms with Crippen molar-refractivity contribution >= 4 is 39.7 Å². The molecule has 1 aliphatic heterocycles. The molecule has 0 saturated carbocycles. The molecular weight excluding hydrogens is 370 g/mol. The van der Waals surface area contributed by atoms with Crippen LogP contribution in [0.5, 0.6) is 0 Å². The summed E-state index contributed by atoms with van der Waals surface area (Å²) in [7, 11) is 0. The first-order valence-corrected chi connectivity index (χ1v) is 7.54. The van der Waals surface area contributed by atoms with Gasteiger partial charge in [0.2, 0.25) is 0 Å². The Morgan fingerprint density at radius 1 is 1.26 bits per heavy atom. The molecule has 2 rings (SSSR count). The SMILES string of the molecule is O=C(CNC(=O)c1ccc(Br)cc1)OCC(=O)N1CCNC1=O. The molecule has 0 atom stereocenters. The summed E-state index contributed by atoms with van der Waals surface area (Å²) in [5, 5.41) is 4.85. The molecule has 2 N–H and O–H groups in total. The molecule has 0 spiro atoms. The maximum atomic E-state index is 11.8. The predicted molar refractivity (Wildman–Crippen MR) is 82.5 cm³/mol. The van der Waals surface area contributed by atoms with Gasteiger partial charge in [0.15, 0.2) is 6.61 Å². The number of imide groups is 1. The number of nitrogens with one attached hydrogen (secondary N) is 2. The molecule has 1 aromatic rings. The second-order valence-corrected chi connectivity index (χ2v) is 5.54. The van der Waals surface area contributed by atoms with E-state index in [1.807, 2.05) is 0 Å². The molecular formula is C14H14BrN3O5. The number of carbonyl (C=O) groups is 4. The van der Waals surface area contributed by atoms with E-state index in [1.165, 1.54) is 0 Å². The van der Waals surface area contributed by atoms with Gasteiger partial charge in [-0.15, -0.1) is 0 Å². The monoisotopic (exact) mass is 383 g/mol. The summed E-state index contributed by atoms with van der Waals surface area (Å²) in [6, 6.07) is 6.09. The molecule has 0 radical (unpaired) electrons. The molecule has 23 heavy (non-hydrogen) atoms. The van der Waals surface area contributed by atoms with Crippen LogP contribution in [0.15, 0.2) is 28.7 Å². The van der Waals surface area contributed by atoms with Crippen molar-refractivity contribution < 1.29 is 23.9 Å². The highest BCUT2D eigenvalue weighted by Gasteiger charge is 2.26. The third-order valence-corrected chi connectivity index (χ3v) is 3.54. The van der Waals surface area contributed by atoms with Crippen LogP contribution in [0.1, 0.15) is 10.4 Å². The van der Waals surface area contributed by atoms with Crippen molar-refractivity contribution in [3.63, 3.8) is 0 Å². The Morgan fingerprint density at radius 3 is 2.57 bits per heavy atom. The van der Waals surface area contributed by atoms with E-state index in [-0.39, 0.29) is 13.1 Å². The largest absolute Gasteiger partial charge is 0.454 e. The van der Waals surface area contributed by atoms with Crippen LogP contribution in [0.3, 0.4) is 0 Å². The number of ether oxygens (including phenoxy) is 1. The van der Waals surface area contributed by atoms with Crippen LogP contribution in [-0.2, 0) is 14.3 Å². The summed E-state index contributed by atoms with van der Waals surface area (Å²) >= 11 is 3.25. The first-order valence-electron chi connectivity index (χ1n) is 6.75. The van der Waals surface area contributed by atoms with Gasteiger partial charge in [-0.1, -0.05) is 15.9 Å². The summed E-state index contributed by atoms with van der Waals surface area (Å²) in [4.78, 5) is 47.2. The highest BCUT2D eigenvalue weighted by molar-refractivity contribution is 9.10. The minimum atomic E-state index is -0.761. The Kier molecular flexibility index (Phi) is 5.69. The van der Waals surface area contributed by atoms with Gasteiger partial charge in [-0.3, -0.25) is 19.3 Å². The fraction of sp³-hybridized carbons (Fsp3) is 0.286. The van der Waals surface area contributed by atoms with Gasteiger partial charge in [-0.2, -0.15) is 0 Å². The van der Waals surface area contributed by atoms with Gasteiger partial charge in [0.05, 0.1) is 0 Å². The van der Waals surface area contributed by atoms with Crippen molar-refractivity contribution in [3.8, 4) is 0 Å². The fourth-order valence-corrected chi connectivity index (χ4v) is 2.10. The van der Waals surface area contributed by atoms with E-state index >= 15 is 0 Å². The lowest BCUT2D eigenvalue weighted by atomic mass is 10.2. The standard InChI is InChI=1S/C14H14BrN3O5/c15-10-3-1-9(2-4-10)13(21)17-7-12(20)23-8-11(19)18-6-5-16-14(18)22/h1-4H,5-8H2,(H,16,22)(H,17,21). The lowest BCUT2D eigenvalue weighted by Gasteiger charge is -2.12. The number of hydrogen-bond donors (Lipinski definition) is 2. The summed E-state index contributed by atoms with van der Waals surface area (Å²) in [5.74, 6) is -1.80. The second-order valence-electron chi connectivity index (χ2n) is 4.63. The Bertz CT molecular complexity index is 632. The van der Waals surface area contributed by atoms with E-state index in [0.29, 0.717) is 12.1 Å². The molecule has 1 aliphatic rings. The van der Waals surface area contributed by atoms with Crippen molar-refractivity contribution in [3.05, 3.63) is 34.3 Å². The Labute approximate surface area is 140 Å². The van der Waals surface area contributed by atoms with Crippen LogP contribution in [0.2, 0.25) is 0 Å². The topological polar surface area (TPSA) is 105 Å². The Balaban J connectivity index is 1.72. The lowest BCUT2D eigenvalue weighted by molar-refractivity contribution is -0.149. The molecule has 8 nitrogen and oxygen atoms in total. The van der Waals surface area contributed by atoms with E-state index in [2.05, 4.69) is 26.6 Å². The van der Waals surface area contributed by atoms with E-state index < -0.39 is 30.4 Å². The van der Waals surface area contributed by atoms with E-state index in [9.17, 15) is 19.2 Å². The molecule has 9 heteroatoms. The fourth-order valence-electron chi connectivity index (χ4n) is 1.84. The number of carbonyl (C=O) groups excluding carboxylic acids is 4. The number of hydrogen-bond acceptors (Lipinski definition) is 5. The molecule has 0 aromatic heterocycles. The molecule has 1 aromatic carbocycles. The zero-order valence-electron chi connectivity index (χ0n) is 12.0. The third kappa shape index (κ3) is 4.78. The van der Waals surface area contributed by atoms with E-state index in [1.54, 1.807) is 24.3 Å². The number of rotatable bonds is 5. The van der Waals surface area contributed by atoms with E-state index in [0.717, 1.165) is 9.37 Å². The first-order chi connectivity index (χ1) is 11.0. The Hall–Kier alpha value is -2.42. The van der Waals surface area contributed by atoms with Crippen molar-refractivity contribution in [2.24, 2.45) is 0 Å². The molecule has 0 unspecified atom stereocenters. The summed E-state index contributed by atoms with van der Waals surface area (Å²) in [6.07, 6.45) is 0. The number of halogens is 1. The van der Waals surface area contributed by atoms with Crippen molar-refractivity contribution in [1.82, 2.24) is 15.5 Å². The Morgan fingerprint density at radius 2 is 1.96 bits per heavy atom. The van der Waals surface area contributed by atoms with Gasteiger partial charge in [0.1, 0.15) is 6.54 Å².